The molecule has 7 rings (SSSR count). The second kappa shape index (κ2) is 11.1. The third-order valence-corrected chi connectivity index (χ3v) is 26.4. The molecular weight excluding hydrogens is 572 g/mol. The van der Waals surface area contributed by atoms with Crippen LogP contribution in [0.2, 0.25) is 8.26 Å². The standard InChI is InChI=1S/C32H28.2C4H9.Zr/c1-3-21-19-25-15-13-23-9-5-7-11-27(23)31(25)29(21)17-18-30-22(4-2)20-26-16-14-24-10-6-8-12-28(24)32(26)30;2*1-3-4-2;/h5-16,19-20H,3-4,17-18H2,1-2H3;2*1,3-4H2,2H3;. The summed E-state index contributed by atoms with van der Waals surface area (Å²) in [4.78, 5) is 0. The van der Waals surface area contributed by atoms with Crippen molar-refractivity contribution in [3.63, 3.8) is 0 Å². The van der Waals surface area contributed by atoms with Crippen molar-refractivity contribution >= 4 is 32.7 Å². The first kappa shape index (κ1) is 27.6. The van der Waals surface area contributed by atoms with Crippen LogP contribution in [0.25, 0.3) is 32.7 Å². The van der Waals surface area contributed by atoms with Crippen molar-refractivity contribution in [1.82, 2.24) is 0 Å². The maximum atomic E-state index is 2.61. The van der Waals surface area contributed by atoms with E-state index in [0.717, 1.165) is 0 Å². The maximum absolute atomic E-state index is 3.09. The monoisotopic (exact) mass is 616 g/mol. The van der Waals surface area contributed by atoms with E-state index in [2.05, 4.69) is 100 Å². The molecular formula is C40H46Zr. The molecule has 1 heteroatoms. The van der Waals surface area contributed by atoms with Gasteiger partial charge in [-0.05, 0) is 0 Å². The molecule has 2 atom stereocenters. The molecule has 4 bridgehead atoms. The van der Waals surface area contributed by atoms with Gasteiger partial charge in [0, 0.05) is 0 Å². The summed E-state index contributed by atoms with van der Waals surface area (Å²) in [6.45, 7) is 9.85. The zero-order chi connectivity index (χ0) is 28.1. The first-order valence-electron chi connectivity index (χ1n) is 16.7. The molecule has 0 spiro atoms. The normalized spacial score (nSPS) is 20.8. The Balaban J connectivity index is 1.59. The van der Waals surface area contributed by atoms with Gasteiger partial charge >= 0.3 is 254 Å². The fourth-order valence-corrected chi connectivity index (χ4v) is 28.4. The molecule has 2 unspecified atom stereocenters. The second-order valence-corrected chi connectivity index (χ2v) is 24.4. The van der Waals surface area contributed by atoms with Crippen molar-refractivity contribution in [2.75, 3.05) is 0 Å². The number of hydrogen-bond donors (Lipinski definition) is 0. The molecule has 0 saturated heterocycles. The van der Waals surface area contributed by atoms with Crippen LogP contribution in [0.15, 0.2) is 83.9 Å². The molecule has 4 aromatic rings. The van der Waals surface area contributed by atoms with Crippen LogP contribution >= 0.6 is 0 Å². The zero-order valence-corrected chi connectivity index (χ0v) is 28.1. The van der Waals surface area contributed by atoms with E-state index in [1.807, 2.05) is 11.1 Å². The van der Waals surface area contributed by atoms with Gasteiger partial charge in [0.2, 0.25) is 0 Å². The molecule has 0 radical (unpaired) electrons. The van der Waals surface area contributed by atoms with Crippen LogP contribution in [0, 0.1) is 0 Å². The van der Waals surface area contributed by atoms with Crippen LogP contribution in [0.4, 0.5) is 0 Å². The molecule has 0 amide bonds. The van der Waals surface area contributed by atoms with Crippen molar-refractivity contribution in [3.8, 4) is 0 Å². The molecule has 210 valence electrons. The van der Waals surface area contributed by atoms with Crippen LogP contribution in [-0.2, 0) is 20.3 Å². The molecule has 0 saturated carbocycles. The zero-order valence-electron chi connectivity index (χ0n) is 25.7. The Morgan fingerprint density at radius 1 is 0.561 bits per heavy atom. The van der Waals surface area contributed by atoms with Crippen molar-refractivity contribution in [2.45, 2.75) is 94.6 Å². The molecule has 2 aliphatic carbocycles. The summed E-state index contributed by atoms with van der Waals surface area (Å²) in [5.41, 5.74) is 14.0. The molecule has 0 aromatic heterocycles. The third kappa shape index (κ3) is 4.08. The summed E-state index contributed by atoms with van der Waals surface area (Å²) in [5.74, 6) is 0. The van der Waals surface area contributed by atoms with E-state index in [4.69, 9.17) is 0 Å². The molecule has 0 N–H and O–H groups in total. The van der Waals surface area contributed by atoms with Crippen molar-refractivity contribution in [2.24, 2.45) is 0 Å². The third-order valence-electron chi connectivity index (χ3n) is 11.1. The van der Waals surface area contributed by atoms with Crippen LogP contribution in [-0.4, -0.2) is 0 Å². The van der Waals surface area contributed by atoms with E-state index in [1.165, 1.54) is 81.2 Å². The van der Waals surface area contributed by atoms with E-state index in [1.54, 1.807) is 33.4 Å². The molecule has 4 aromatic carbocycles. The average molecular weight is 618 g/mol. The number of rotatable bonds is 8. The number of allylic oxidation sites excluding steroid dienone is 4. The van der Waals surface area contributed by atoms with Gasteiger partial charge in [-0.1, -0.05) is 0 Å². The Hall–Kier alpha value is -2.24. The number of benzene rings is 4. The van der Waals surface area contributed by atoms with Crippen LogP contribution in [0.3, 0.4) is 0 Å². The summed E-state index contributed by atoms with van der Waals surface area (Å²) < 4.78 is 4.47. The Bertz CT molecular complexity index is 1570. The Kier molecular flexibility index (Phi) is 7.48. The van der Waals surface area contributed by atoms with Crippen molar-refractivity contribution in [1.29, 1.82) is 0 Å². The van der Waals surface area contributed by atoms with E-state index in [0.29, 0.717) is 7.25 Å². The molecule has 41 heavy (non-hydrogen) atoms. The summed E-state index contributed by atoms with van der Waals surface area (Å²) in [5, 5.41) is 5.87. The van der Waals surface area contributed by atoms with Gasteiger partial charge in [-0.3, -0.25) is 0 Å². The van der Waals surface area contributed by atoms with E-state index >= 15 is 0 Å². The average Bonchev–Trinajstić information content (AvgIpc) is 3.54. The van der Waals surface area contributed by atoms with Crippen LogP contribution < -0.4 is 0 Å². The van der Waals surface area contributed by atoms with E-state index in [-0.39, 0.29) is 0 Å². The van der Waals surface area contributed by atoms with E-state index < -0.39 is 20.3 Å². The van der Waals surface area contributed by atoms with Crippen LogP contribution in [0.1, 0.15) is 109 Å². The Morgan fingerprint density at radius 2 is 1.00 bits per heavy atom. The predicted octanol–water partition coefficient (Wildman–Crippen LogP) is 12.5. The molecule has 1 aliphatic heterocycles. The number of unbranched alkanes of at least 4 members (excludes halogenated alkanes) is 2. The summed E-state index contributed by atoms with van der Waals surface area (Å²) in [6.07, 6.45) is 10.2. The van der Waals surface area contributed by atoms with Gasteiger partial charge in [0.1, 0.15) is 0 Å². The van der Waals surface area contributed by atoms with Gasteiger partial charge in [-0.15, -0.1) is 0 Å². The number of hydrogen-bond acceptors (Lipinski definition) is 0. The van der Waals surface area contributed by atoms with Gasteiger partial charge < -0.3 is 0 Å². The second-order valence-electron chi connectivity index (χ2n) is 13.0. The molecule has 0 nitrogen and oxygen atoms in total. The van der Waals surface area contributed by atoms with Gasteiger partial charge in [0.15, 0.2) is 0 Å². The van der Waals surface area contributed by atoms with Gasteiger partial charge in [-0.2, -0.15) is 0 Å². The van der Waals surface area contributed by atoms with E-state index in [9.17, 15) is 0 Å². The quantitative estimate of drug-likeness (QED) is 0.184. The predicted molar refractivity (Wildman–Crippen MR) is 176 cm³/mol. The van der Waals surface area contributed by atoms with Crippen LogP contribution in [0.5, 0.6) is 0 Å². The molecule has 3 aliphatic rings. The van der Waals surface area contributed by atoms with Crippen molar-refractivity contribution < 1.29 is 20.3 Å². The Labute approximate surface area is 252 Å². The van der Waals surface area contributed by atoms with Gasteiger partial charge in [0.05, 0.1) is 0 Å². The first-order valence-corrected chi connectivity index (χ1v) is 23.0. The fourth-order valence-electron chi connectivity index (χ4n) is 9.63. The number of fused-ring (bicyclic) bond motifs is 12. The minimum atomic E-state index is -3.09. The molecule has 1 heterocycles. The van der Waals surface area contributed by atoms with Gasteiger partial charge in [0.25, 0.3) is 0 Å². The summed E-state index contributed by atoms with van der Waals surface area (Å²) in [6, 6.07) is 28.7. The topological polar surface area (TPSA) is 0 Å². The molecule has 0 fully saturated rings. The van der Waals surface area contributed by atoms with Gasteiger partial charge in [-0.25, -0.2) is 0 Å². The minimum absolute atomic E-state index is 0.713. The Morgan fingerprint density at radius 3 is 1.41 bits per heavy atom. The SMILES string of the molecule is CCC[CH2][Zr]1([CH2]CCC)[CH]2C(CC)=C(CCC3=C(CC)[CH]1c1ccc4ccccc4c13)c1c2ccc2ccccc12. The fraction of sp³-hybridized carbons (Fsp3) is 0.400. The summed E-state index contributed by atoms with van der Waals surface area (Å²) >= 11 is -3.09. The first-order chi connectivity index (χ1) is 20.2. The summed E-state index contributed by atoms with van der Waals surface area (Å²) in [7, 11) is 0. The van der Waals surface area contributed by atoms with Crippen molar-refractivity contribution in [3.05, 3.63) is 106 Å².